The Morgan fingerprint density at radius 2 is 1.88 bits per heavy atom. The molecule has 170 valence electrons. The minimum atomic E-state index is -0.514. The second kappa shape index (κ2) is 10.1. The van der Waals surface area contributed by atoms with Gasteiger partial charge in [0.2, 0.25) is 0 Å². The van der Waals surface area contributed by atoms with Gasteiger partial charge in [-0.2, -0.15) is 5.26 Å². The van der Waals surface area contributed by atoms with Gasteiger partial charge in [-0.05, 0) is 82.2 Å². The zero-order chi connectivity index (χ0) is 24.3. The Labute approximate surface area is 202 Å². The summed E-state index contributed by atoms with van der Waals surface area (Å²) in [5.41, 5.74) is 4.34. The van der Waals surface area contributed by atoms with E-state index in [-0.39, 0.29) is 11.5 Å². The highest BCUT2D eigenvalue weighted by Crippen LogP contribution is 2.35. The third kappa shape index (κ3) is 5.03. The highest BCUT2D eigenvalue weighted by Gasteiger charge is 2.24. The van der Waals surface area contributed by atoms with Gasteiger partial charge in [0.05, 0.1) is 12.2 Å². The van der Waals surface area contributed by atoms with Crippen molar-refractivity contribution in [3.05, 3.63) is 73.9 Å². The summed E-state index contributed by atoms with van der Waals surface area (Å²) in [5, 5.41) is 13.6. The van der Waals surface area contributed by atoms with Gasteiger partial charge in [-0.25, -0.2) is 4.79 Å². The highest BCUT2D eigenvalue weighted by molar-refractivity contribution is 7.15. The zero-order valence-corrected chi connectivity index (χ0v) is 20.6. The number of ether oxygens (including phenoxy) is 1. The van der Waals surface area contributed by atoms with Crippen molar-refractivity contribution in [2.45, 2.75) is 34.6 Å². The molecule has 0 atom stereocenters. The summed E-state index contributed by atoms with van der Waals surface area (Å²) in [6.07, 6.45) is 1.56. The number of aromatic nitrogens is 1. The van der Waals surface area contributed by atoms with Crippen LogP contribution in [0.1, 0.15) is 44.7 Å². The molecule has 3 rings (SSSR count). The summed E-state index contributed by atoms with van der Waals surface area (Å²) >= 11 is 7.39. The van der Waals surface area contributed by atoms with E-state index >= 15 is 0 Å². The molecule has 1 amide bonds. The number of hydrogen-bond acceptors (Lipinski definition) is 5. The lowest BCUT2D eigenvalue weighted by atomic mass is 10.1. The molecule has 0 radical (unpaired) electrons. The van der Waals surface area contributed by atoms with Gasteiger partial charge in [-0.15, -0.1) is 11.3 Å². The van der Waals surface area contributed by atoms with Crippen LogP contribution in [0.25, 0.3) is 11.1 Å². The number of rotatable bonds is 6. The van der Waals surface area contributed by atoms with Crippen LogP contribution in [-0.2, 0) is 9.53 Å². The molecule has 0 fully saturated rings. The van der Waals surface area contributed by atoms with Crippen molar-refractivity contribution in [1.82, 2.24) is 4.57 Å². The summed E-state index contributed by atoms with van der Waals surface area (Å²) in [5.74, 6) is -0.876. The number of anilines is 1. The number of carbonyl (C=O) groups excluding carboxylic acids is 2. The molecule has 0 aliphatic carbocycles. The van der Waals surface area contributed by atoms with Crippen LogP contribution in [0, 0.1) is 39.0 Å². The lowest BCUT2D eigenvalue weighted by molar-refractivity contribution is -0.112. The molecular weight excluding hydrogens is 458 g/mol. The van der Waals surface area contributed by atoms with Crippen molar-refractivity contribution in [2.24, 2.45) is 0 Å². The van der Waals surface area contributed by atoms with Crippen LogP contribution >= 0.6 is 22.9 Å². The molecule has 1 aromatic carbocycles. The van der Waals surface area contributed by atoms with Gasteiger partial charge in [-0.3, -0.25) is 4.79 Å². The molecule has 2 heterocycles. The van der Waals surface area contributed by atoms with Crippen LogP contribution in [0.3, 0.4) is 0 Å². The maximum atomic E-state index is 12.7. The molecule has 0 spiro atoms. The number of nitrogens with zero attached hydrogens (tertiary/aromatic N) is 2. The molecule has 1 N–H and O–H groups in total. The molecule has 0 aliphatic rings. The Kier molecular flexibility index (Phi) is 7.42. The Bertz CT molecular complexity index is 1290. The third-order valence-corrected chi connectivity index (χ3v) is 6.73. The van der Waals surface area contributed by atoms with Gasteiger partial charge in [0.25, 0.3) is 5.91 Å². The maximum Gasteiger partial charge on any atom is 0.341 e. The van der Waals surface area contributed by atoms with E-state index < -0.39 is 5.91 Å². The first-order valence-electron chi connectivity index (χ1n) is 10.3. The van der Waals surface area contributed by atoms with Gasteiger partial charge in [0, 0.05) is 27.0 Å². The molecule has 0 saturated carbocycles. The summed E-state index contributed by atoms with van der Waals surface area (Å²) in [6.45, 7) is 9.76. The fourth-order valence-corrected chi connectivity index (χ4v) is 4.87. The fraction of sp³-hybridized carbons (Fsp3) is 0.240. The molecular formula is C25H24ClN3O3S. The second-order valence-electron chi connectivity index (χ2n) is 7.48. The molecule has 8 heteroatoms. The number of nitriles is 1. The van der Waals surface area contributed by atoms with Crippen molar-refractivity contribution in [3.8, 4) is 11.1 Å². The van der Waals surface area contributed by atoms with E-state index in [1.807, 2.05) is 44.4 Å². The predicted octanol–water partition coefficient (Wildman–Crippen LogP) is 6.15. The van der Waals surface area contributed by atoms with Gasteiger partial charge >= 0.3 is 5.97 Å². The summed E-state index contributed by atoms with van der Waals surface area (Å²) in [7, 11) is 0. The standard InChI is InChI=1S/C25H24ClN3O3S/c1-6-32-25(31)22-15(3)17(5)33-24(22)29-14(2)11-18(16(29)4)12-19(13-27)23(30)28-21-9-7-20(26)8-10-21/h7-12H,6H2,1-5H3,(H,28,30)/b19-12-. The van der Waals surface area contributed by atoms with Gasteiger partial charge in [0.1, 0.15) is 16.6 Å². The Morgan fingerprint density at radius 1 is 1.21 bits per heavy atom. The number of halogens is 1. The topological polar surface area (TPSA) is 84.1 Å². The van der Waals surface area contributed by atoms with Gasteiger partial charge < -0.3 is 14.6 Å². The maximum absolute atomic E-state index is 12.7. The fourth-order valence-electron chi connectivity index (χ4n) is 3.49. The van der Waals surface area contributed by atoms with Crippen molar-refractivity contribution in [1.29, 1.82) is 5.26 Å². The monoisotopic (exact) mass is 481 g/mol. The molecule has 0 saturated heterocycles. The van der Waals surface area contributed by atoms with Crippen LogP contribution in [0.2, 0.25) is 5.02 Å². The lowest BCUT2D eigenvalue weighted by Crippen LogP contribution is -2.13. The second-order valence-corrected chi connectivity index (χ2v) is 9.12. The van der Waals surface area contributed by atoms with E-state index in [0.717, 1.165) is 26.8 Å². The van der Waals surface area contributed by atoms with Crippen LogP contribution in [0.5, 0.6) is 0 Å². The van der Waals surface area contributed by atoms with Crippen LogP contribution in [-0.4, -0.2) is 23.1 Å². The Morgan fingerprint density at radius 3 is 2.48 bits per heavy atom. The molecule has 3 aromatic rings. The first kappa shape index (κ1) is 24.3. The lowest BCUT2D eigenvalue weighted by Gasteiger charge is -2.11. The summed E-state index contributed by atoms with van der Waals surface area (Å²) in [4.78, 5) is 26.4. The number of carbonyl (C=O) groups is 2. The average molecular weight is 482 g/mol. The summed E-state index contributed by atoms with van der Waals surface area (Å²) in [6, 6.07) is 10.5. The highest BCUT2D eigenvalue weighted by atomic mass is 35.5. The number of hydrogen-bond donors (Lipinski definition) is 1. The number of benzene rings is 1. The van der Waals surface area contributed by atoms with Crippen LogP contribution in [0.4, 0.5) is 5.69 Å². The van der Waals surface area contributed by atoms with Crippen molar-refractivity contribution in [3.63, 3.8) is 0 Å². The van der Waals surface area contributed by atoms with Crippen molar-refractivity contribution >= 4 is 46.6 Å². The first-order chi connectivity index (χ1) is 15.7. The van der Waals surface area contributed by atoms with E-state index in [1.54, 1.807) is 37.3 Å². The van der Waals surface area contributed by atoms with E-state index in [2.05, 4.69) is 5.32 Å². The molecule has 6 nitrogen and oxygen atoms in total. The predicted molar refractivity (Wildman–Crippen MR) is 132 cm³/mol. The normalized spacial score (nSPS) is 11.2. The SMILES string of the molecule is CCOC(=O)c1c(-n2c(C)cc(/C=C(/C#N)C(=O)Nc3ccc(Cl)cc3)c2C)sc(C)c1C. The van der Waals surface area contributed by atoms with Crippen LogP contribution in [0.15, 0.2) is 35.9 Å². The zero-order valence-electron chi connectivity index (χ0n) is 19.1. The smallest absolute Gasteiger partial charge is 0.341 e. The first-order valence-corrected chi connectivity index (χ1v) is 11.5. The molecule has 33 heavy (non-hydrogen) atoms. The van der Waals surface area contributed by atoms with Crippen molar-refractivity contribution < 1.29 is 14.3 Å². The summed E-state index contributed by atoms with van der Waals surface area (Å²) < 4.78 is 7.25. The molecule has 0 aliphatic heterocycles. The third-order valence-electron chi connectivity index (χ3n) is 5.29. The van der Waals surface area contributed by atoms with Gasteiger partial charge in [0.15, 0.2) is 0 Å². The number of nitrogens with one attached hydrogen (secondary N) is 1. The Balaban J connectivity index is 2.01. The molecule has 2 aromatic heterocycles. The largest absolute Gasteiger partial charge is 0.462 e. The van der Waals surface area contributed by atoms with Crippen LogP contribution < -0.4 is 5.32 Å². The average Bonchev–Trinajstić information content (AvgIpc) is 3.21. The molecule has 0 bridgehead atoms. The minimum Gasteiger partial charge on any atom is -0.462 e. The van der Waals surface area contributed by atoms with E-state index in [9.17, 15) is 14.9 Å². The number of esters is 1. The number of aryl methyl sites for hydroxylation is 2. The Hall–Kier alpha value is -3.34. The van der Waals surface area contributed by atoms with E-state index in [0.29, 0.717) is 28.4 Å². The number of thiophene rings is 1. The molecule has 0 unspecified atom stereocenters. The minimum absolute atomic E-state index is 0.0330. The number of amides is 1. The van der Waals surface area contributed by atoms with E-state index in [4.69, 9.17) is 16.3 Å². The van der Waals surface area contributed by atoms with E-state index in [1.165, 1.54) is 11.3 Å². The van der Waals surface area contributed by atoms with Crippen molar-refractivity contribution in [2.75, 3.05) is 11.9 Å². The van der Waals surface area contributed by atoms with Gasteiger partial charge in [-0.1, -0.05) is 11.6 Å². The quantitative estimate of drug-likeness (QED) is 0.260.